The number of hydrogen-bond donors (Lipinski definition) is 1. The smallest absolute Gasteiger partial charge is 0.174 e. The minimum absolute atomic E-state index is 0.0883. The van der Waals surface area contributed by atoms with Gasteiger partial charge in [0.1, 0.15) is 23.7 Å². The molecule has 1 fully saturated rings. The van der Waals surface area contributed by atoms with Crippen LogP contribution in [0.4, 0.5) is 15.9 Å². The third-order valence-electron chi connectivity index (χ3n) is 4.89. The van der Waals surface area contributed by atoms with E-state index in [0.29, 0.717) is 11.3 Å². The van der Waals surface area contributed by atoms with Crippen molar-refractivity contribution < 1.29 is 9.13 Å². The number of pyridine rings is 1. The zero-order valence-electron chi connectivity index (χ0n) is 15.4. The van der Waals surface area contributed by atoms with E-state index in [1.807, 2.05) is 12.1 Å². The Kier molecular flexibility index (Phi) is 4.57. The number of ether oxygens (including phenoxy) is 1. The lowest BCUT2D eigenvalue weighted by Crippen LogP contribution is -2.17. The highest BCUT2D eigenvalue weighted by molar-refractivity contribution is 5.80. The average molecular weight is 378 g/mol. The Balaban J connectivity index is 1.96. The summed E-state index contributed by atoms with van der Waals surface area (Å²) in [6.07, 6.45) is 6.89. The van der Waals surface area contributed by atoms with Gasteiger partial charge in [0.15, 0.2) is 17.5 Å². The molecule has 1 aromatic carbocycles. The van der Waals surface area contributed by atoms with E-state index in [9.17, 15) is 5.26 Å². The fourth-order valence-corrected chi connectivity index (χ4v) is 3.52. The first-order valence-corrected chi connectivity index (χ1v) is 8.94. The minimum atomic E-state index is -0.721. The monoisotopic (exact) mass is 378 g/mol. The van der Waals surface area contributed by atoms with Gasteiger partial charge in [-0.15, -0.1) is 0 Å². The van der Waals surface area contributed by atoms with Gasteiger partial charge in [-0.05, 0) is 30.5 Å². The summed E-state index contributed by atoms with van der Waals surface area (Å²) in [6.45, 7) is 1.86. The Morgan fingerprint density at radius 2 is 2.04 bits per heavy atom. The molecule has 142 valence electrons. The van der Waals surface area contributed by atoms with Gasteiger partial charge < -0.3 is 15.4 Å². The van der Waals surface area contributed by atoms with Gasteiger partial charge >= 0.3 is 0 Å². The molecule has 3 aromatic rings. The van der Waals surface area contributed by atoms with Gasteiger partial charge in [-0.2, -0.15) is 5.26 Å². The first-order chi connectivity index (χ1) is 13.6. The van der Waals surface area contributed by atoms with Crippen molar-refractivity contribution in [3.05, 3.63) is 48.3 Å². The summed E-state index contributed by atoms with van der Waals surface area (Å²) in [7, 11) is 1.56. The minimum Gasteiger partial charge on any atom is -0.497 e. The highest BCUT2D eigenvalue weighted by atomic mass is 19.1. The van der Waals surface area contributed by atoms with E-state index < -0.39 is 5.82 Å². The number of benzene rings is 1. The normalized spacial score (nSPS) is 13.5. The number of imidazole rings is 1. The van der Waals surface area contributed by atoms with Gasteiger partial charge in [0.25, 0.3) is 0 Å². The Bertz CT molecular complexity index is 1050. The predicted octanol–water partition coefficient (Wildman–Crippen LogP) is 3.14. The molecule has 8 heteroatoms. The number of nitrogens with zero attached hydrogens (tertiary/aromatic N) is 5. The van der Waals surface area contributed by atoms with E-state index >= 15 is 4.39 Å². The lowest BCUT2D eigenvalue weighted by Gasteiger charge is -2.20. The molecule has 0 radical (unpaired) electrons. The third-order valence-corrected chi connectivity index (χ3v) is 4.89. The van der Waals surface area contributed by atoms with Crippen LogP contribution in [0, 0.1) is 17.1 Å². The maximum absolute atomic E-state index is 15.1. The van der Waals surface area contributed by atoms with Crippen LogP contribution >= 0.6 is 0 Å². The summed E-state index contributed by atoms with van der Waals surface area (Å²) in [5, 5.41) is 9.81. The maximum Gasteiger partial charge on any atom is 0.174 e. The van der Waals surface area contributed by atoms with Gasteiger partial charge in [-0.25, -0.2) is 14.4 Å². The number of rotatable bonds is 4. The summed E-state index contributed by atoms with van der Waals surface area (Å²) in [5.41, 5.74) is 7.49. The quantitative estimate of drug-likeness (QED) is 0.750. The van der Waals surface area contributed by atoms with Crippen LogP contribution in [0.25, 0.3) is 16.9 Å². The number of nitriles is 1. The van der Waals surface area contributed by atoms with Crippen LogP contribution in [0.1, 0.15) is 18.4 Å². The molecule has 2 aromatic heterocycles. The Hall–Kier alpha value is -3.60. The second-order valence-electron chi connectivity index (χ2n) is 6.58. The van der Waals surface area contributed by atoms with Crippen molar-refractivity contribution in [3.8, 4) is 28.8 Å². The largest absolute Gasteiger partial charge is 0.497 e. The van der Waals surface area contributed by atoms with Crippen molar-refractivity contribution in [2.24, 2.45) is 0 Å². The first kappa shape index (κ1) is 17.8. The number of nitrogens with two attached hydrogens (primary N) is 1. The molecular formula is C20H19FN6O. The zero-order chi connectivity index (χ0) is 19.7. The van der Waals surface area contributed by atoms with Gasteiger partial charge in [0.2, 0.25) is 0 Å². The first-order valence-electron chi connectivity index (χ1n) is 8.94. The highest BCUT2D eigenvalue weighted by Gasteiger charge is 2.23. The molecule has 1 aliphatic rings. The molecule has 0 amide bonds. The van der Waals surface area contributed by atoms with E-state index in [4.69, 9.17) is 10.5 Å². The number of nitrogen functional groups attached to an aromatic ring is 1. The lowest BCUT2D eigenvalue weighted by atomic mass is 9.99. The summed E-state index contributed by atoms with van der Waals surface area (Å²) in [6, 6.07) is 7.57. The molecule has 3 heterocycles. The fraction of sp³-hybridized carbons (Fsp3) is 0.250. The van der Waals surface area contributed by atoms with Crippen LogP contribution in [0.2, 0.25) is 0 Å². The second-order valence-corrected chi connectivity index (χ2v) is 6.58. The van der Waals surface area contributed by atoms with Crippen molar-refractivity contribution >= 4 is 11.5 Å². The molecule has 0 atom stereocenters. The van der Waals surface area contributed by atoms with Crippen molar-refractivity contribution in [1.82, 2.24) is 14.5 Å². The number of hydrogen-bond acceptors (Lipinski definition) is 6. The highest BCUT2D eigenvalue weighted by Crippen LogP contribution is 2.37. The van der Waals surface area contributed by atoms with E-state index in [1.165, 1.54) is 6.33 Å². The summed E-state index contributed by atoms with van der Waals surface area (Å²) >= 11 is 0. The Morgan fingerprint density at radius 3 is 2.68 bits per heavy atom. The van der Waals surface area contributed by atoms with Gasteiger partial charge in [-0.1, -0.05) is 0 Å². The van der Waals surface area contributed by atoms with Crippen LogP contribution in [0.15, 0.2) is 36.9 Å². The molecule has 1 aliphatic heterocycles. The summed E-state index contributed by atoms with van der Waals surface area (Å²) in [4.78, 5) is 10.3. The number of halogens is 1. The van der Waals surface area contributed by atoms with E-state index in [2.05, 4.69) is 20.9 Å². The Labute approximate surface area is 161 Å². The topological polar surface area (TPSA) is 93.0 Å². The SMILES string of the molecule is COc1cc(-c2c(F)c(N)nc(-n3ccnc3)c2C#N)cc(N2CCCC2)c1. The fourth-order valence-electron chi connectivity index (χ4n) is 3.52. The van der Waals surface area contributed by atoms with E-state index in [-0.39, 0.29) is 22.8 Å². The van der Waals surface area contributed by atoms with Crippen LogP contribution in [-0.2, 0) is 0 Å². The summed E-state index contributed by atoms with van der Waals surface area (Å²) < 4.78 is 22.1. The molecule has 4 rings (SSSR count). The molecule has 1 saturated heterocycles. The van der Waals surface area contributed by atoms with Crippen LogP contribution < -0.4 is 15.4 Å². The summed E-state index contributed by atoms with van der Waals surface area (Å²) in [5.74, 6) is -0.175. The molecule has 2 N–H and O–H groups in total. The molecule has 0 saturated carbocycles. The van der Waals surface area contributed by atoms with Crippen molar-refractivity contribution in [1.29, 1.82) is 5.26 Å². The standard InChI is InChI=1S/C20H19FN6O/c1-28-15-9-13(8-14(10-15)26-5-2-3-6-26)17-16(11-22)20(25-19(23)18(17)21)27-7-4-24-12-27/h4,7-10,12H,2-3,5-6H2,1H3,(H2,23,25). The van der Waals surface area contributed by atoms with Crippen molar-refractivity contribution in [2.45, 2.75) is 12.8 Å². The second kappa shape index (κ2) is 7.19. The van der Waals surface area contributed by atoms with Crippen molar-refractivity contribution in [3.63, 3.8) is 0 Å². The number of methoxy groups -OCH3 is 1. The average Bonchev–Trinajstić information content (AvgIpc) is 3.43. The van der Waals surface area contributed by atoms with Crippen LogP contribution in [0.5, 0.6) is 5.75 Å². The third kappa shape index (κ3) is 3.01. The maximum atomic E-state index is 15.1. The number of anilines is 2. The molecule has 28 heavy (non-hydrogen) atoms. The Morgan fingerprint density at radius 1 is 1.25 bits per heavy atom. The molecule has 0 spiro atoms. The molecular weight excluding hydrogens is 359 g/mol. The van der Waals surface area contributed by atoms with E-state index in [1.54, 1.807) is 30.1 Å². The van der Waals surface area contributed by atoms with Crippen LogP contribution in [0.3, 0.4) is 0 Å². The molecule has 0 unspecified atom stereocenters. The molecule has 0 aliphatic carbocycles. The van der Waals surface area contributed by atoms with E-state index in [0.717, 1.165) is 31.6 Å². The van der Waals surface area contributed by atoms with Gasteiger partial charge in [-0.3, -0.25) is 4.57 Å². The molecule has 7 nitrogen and oxygen atoms in total. The predicted molar refractivity (Wildman–Crippen MR) is 104 cm³/mol. The van der Waals surface area contributed by atoms with Gasteiger partial charge in [0, 0.05) is 42.8 Å². The van der Waals surface area contributed by atoms with Crippen molar-refractivity contribution in [2.75, 3.05) is 30.8 Å². The lowest BCUT2D eigenvalue weighted by molar-refractivity contribution is 0.415. The molecule has 0 bridgehead atoms. The van der Waals surface area contributed by atoms with Crippen LogP contribution in [-0.4, -0.2) is 34.7 Å². The zero-order valence-corrected chi connectivity index (χ0v) is 15.4. The number of aromatic nitrogens is 3. The van der Waals surface area contributed by atoms with Gasteiger partial charge in [0.05, 0.1) is 7.11 Å².